The SMILES string of the molecule is Cc1cccc(C)c1N=c1scc(-c2cccs2)n1N=Cc1ccccn1. The first-order chi connectivity index (χ1) is 13.2. The van der Waals surface area contributed by atoms with Gasteiger partial charge in [-0.2, -0.15) is 5.10 Å². The Balaban J connectivity index is 1.88. The van der Waals surface area contributed by atoms with E-state index in [1.165, 1.54) is 0 Å². The molecule has 0 radical (unpaired) electrons. The second-order valence-electron chi connectivity index (χ2n) is 6.04. The molecule has 0 amide bonds. The van der Waals surface area contributed by atoms with Crippen LogP contribution in [0, 0.1) is 13.8 Å². The number of hydrogen-bond donors (Lipinski definition) is 0. The van der Waals surface area contributed by atoms with Gasteiger partial charge in [-0.3, -0.25) is 4.98 Å². The highest BCUT2D eigenvalue weighted by atomic mass is 32.1. The third kappa shape index (κ3) is 3.82. The van der Waals surface area contributed by atoms with Crippen molar-refractivity contribution in [1.29, 1.82) is 0 Å². The summed E-state index contributed by atoms with van der Waals surface area (Å²) in [6, 6.07) is 16.2. The first-order valence-corrected chi connectivity index (χ1v) is 10.3. The number of benzene rings is 1. The van der Waals surface area contributed by atoms with Crippen molar-refractivity contribution in [3.05, 3.63) is 87.1 Å². The topological polar surface area (TPSA) is 42.5 Å². The fourth-order valence-electron chi connectivity index (χ4n) is 2.73. The van der Waals surface area contributed by atoms with E-state index in [4.69, 9.17) is 10.1 Å². The maximum atomic E-state index is 4.93. The van der Waals surface area contributed by atoms with E-state index in [2.05, 4.69) is 53.9 Å². The van der Waals surface area contributed by atoms with Crippen LogP contribution in [0.5, 0.6) is 0 Å². The van der Waals surface area contributed by atoms with E-state index in [-0.39, 0.29) is 0 Å². The van der Waals surface area contributed by atoms with E-state index in [1.54, 1.807) is 35.1 Å². The molecule has 134 valence electrons. The van der Waals surface area contributed by atoms with Crippen molar-refractivity contribution < 1.29 is 0 Å². The summed E-state index contributed by atoms with van der Waals surface area (Å²) in [5.74, 6) is 0. The average Bonchev–Trinajstić information content (AvgIpc) is 3.33. The Hall–Kier alpha value is -2.83. The predicted octanol–water partition coefficient (Wildman–Crippen LogP) is 5.40. The summed E-state index contributed by atoms with van der Waals surface area (Å²) in [5, 5.41) is 8.88. The number of nitrogens with zero attached hydrogens (tertiary/aromatic N) is 4. The summed E-state index contributed by atoms with van der Waals surface area (Å²) in [6.45, 7) is 4.17. The number of rotatable bonds is 4. The summed E-state index contributed by atoms with van der Waals surface area (Å²) in [5.41, 5.74) is 5.15. The quantitative estimate of drug-likeness (QED) is 0.430. The fraction of sp³-hybridized carbons (Fsp3) is 0.0952. The van der Waals surface area contributed by atoms with Crippen LogP contribution in [-0.2, 0) is 0 Å². The first-order valence-electron chi connectivity index (χ1n) is 8.53. The van der Waals surface area contributed by atoms with Gasteiger partial charge in [0.15, 0.2) is 0 Å². The van der Waals surface area contributed by atoms with Crippen LogP contribution in [0.2, 0.25) is 0 Å². The van der Waals surface area contributed by atoms with E-state index in [1.807, 2.05) is 28.9 Å². The third-order valence-electron chi connectivity index (χ3n) is 4.10. The van der Waals surface area contributed by atoms with Gasteiger partial charge < -0.3 is 0 Å². The summed E-state index contributed by atoms with van der Waals surface area (Å²) < 4.78 is 1.90. The number of thiophene rings is 1. The van der Waals surface area contributed by atoms with Crippen LogP contribution in [0.25, 0.3) is 10.6 Å². The second kappa shape index (κ2) is 7.82. The first kappa shape index (κ1) is 17.6. The molecule has 3 heterocycles. The predicted molar refractivity (Wildman–Crippen MR) is 114 cm³/mol. The average molecular weight is 391 g/mol. The zero-order valence-electron chi connectivity index (χ0n) is 15.0. The lowest BCUT2D eigenvalue weighted by Crippen LogP contribution is -2.11. The molecule has 4 nitrogen and oxygen atoms in total. The molecule has 0 aliphatic carbocycles. The zero-order valence-corrected chi connectivity index (χ0v) is 16.7. The molecular weight excluding hydrogens is 372 g/mol. The molecule has 0 atom stereocenters. The zero-order chi connectivity index (χ0) is 18.6. The molecule has 0 bridgehead atoms. The lowest BCUT2D eigenvalue weighted by atomic mass is 10.1. The Morgan fingerprint density at radius 3 is 2.52 bits per heavy atom. The monoisotopic (exact) mass is 390 g/mol. The molecule has 6 heteroatoms. The van der Waals surface area contributed by atoms with Crippen molar-refractivity contribution in [2.24, 2.45) is 10.1 Å². The molecule has 0 unspecified atom stereocenters. The van der Waals surface area contributed by atoms with Crippen molar-refractivity contribution in [2.45, 2.75) is 13.8 Å². The molecule has 0 spiro atoms. The van der Waals surface area contributed by atoms with Gasteiger partial charge >= 0.3 is 0 Å². The van der Waals surface area contributed by atoms with Crippen LogP contribution < -0.4 is 4.80 Å². The molecule has 0 saturated heterocycles. The van der Waals surface area contributed by atoms with Gasteiger partial charge in [-0.25, -0.2) is 9.67 Å². The Morgan fingerprint density at radius 1 is 0.963 bits per heavy atom. The number of aryl methyl sites for hydroxylation is 2. The standard InChI is InChI=1S/C21H18N4S2/c1-15-7-5-8-16(2)20(15)24-21-25(23-13-17-9-3-4-11-22-17)18(14-27-21)19-10-6-12-26-19/h3-14H,1-2H3. The smallest absolute Gasteiger partial charge is 0.211 e. The minimum atomic E-state index is 0.811. The summed E-state index contributed by atoms with van der Waals surface area (Å²) in [6.07, 6.45) is 3.54. The molecule has 1 aromatic carbocycles. The molecule has 0 fully saturated rings. The minimum Gasteiger partial charge on any atom is -0.255 e. The van der Waals surface area contributed by atoms with E-state index < -0.39 is 0 Å². The molecule has 0 aliphatic heterocycles. The van der Waals surface area contributed by atoms with E-state index in [9.17, 15) is 0 Å². The van der Waals surface area contributed by atoms with Crippen molar-refractivity contribution in [2.75, 3.05) is 0 Å². The van der Waals surface area contributed by atoms with Gasteiger partial charge in [0.2, 0.25) is 4.80 Å². The highest BCUT2D eigenvalue weighted by Crippen LogP contribution is 2.26. The van der Waals surface area contributed by atoms with Crippen molar-refractivity contribution in [1.82, 2.24) is 9.66 Å². The van der Waals surface area contributed by atoms with Crippen LogP contribution >= 0.6 is 22.7 Å². The maximum absolute atomic E-state index is 4.93. The Labute approximate surface area is 165 Å². The van der Waals surface area contributed by atoms with Crippen LogP contribution in [0.1, 0.15) is 16.8 Å². The van der Waals surface area contributed by atoms with Gasteiger partial charge in [0.1, 0.15) is 0 Å². The van der Waals surface area contributed by atoms with Gasteiger partial charge in [0.05, 0.1) is 28.2 Å². The summed E-state index contributed by atoms with van der Waals surface area (Å²) in [7, 11) is 0. The number of pyridine rings is 1. The van der Waals surface area contributed by atoms with Crippen LogP contribution in [0.15, 0.2) is 75.6 Å². The summed E-state index contributed by atoms with van der Waals surface area (Å²) >= 11 is 3.28. The van der Waals surface area contributed by atoms with E-state index >= 15 is 0 Å². The number of para-hydroxylation sites is 1. The third-order valence-corrected chi connectivity index (χ3v) is 5.81. The number of aromatic nitrogens is 2. The van der Waals surface area contributed by atoms with Crippen molar-refractivity contribution in [3.8, 4) is 10.6 Å². The lowest BCUT2D eigenvalue weighted by Gasteiger charge is -2.04. The number of hydrogen-bond acceptors (Lipinski definition) is 5. The van der Waals surface area contributed by atoms with Gasteiger partial charge in [-0.15, -0.1) is 22.7 Å². The van der Waals surface area contributed by atoms with Gasteiger partial charge in [0, 0.05) is 11.6 Å². The molecule has 0 aliphatic rings. The lowest BCUT2D eigenvalue weighted by molar-refractivity contribution is 0.854. The summed E-state index contributed by atoms with van der Waals surface area (Å²) in [4.78, 5) is 11.3. The van der Waals surface area contributed by atoms with Crippen molar-refractivity contribution >= 4 is 34.6 Å². The largest absolute Gasteiger partial charge is 0.255 e. The van der Waals surface area contributed by atoms with E-state index in [0.717, 1.165) is 37.9 Å². The second-order valence-corrected chi connectivity index (χ2v) is 7.83. The molecule has 3 aromatic heterocycles. The van der Waals surface area contributed by atoms with Gasteiger partial charge in [-0.1, -0.05) is 30.3 Å². The Morgan fingerprint density at radius 2 is 1.81 bits per heavy atom. The van der Waals surface area contributed by atoms with Crippen molar-refractivity contribution in [3.63, 3.8) is 0 Å². The highest BCUT2D eigenvalue weighted by Gasteiger charge is 2.09. The molecule has 0 N–H and O–H groups in total. The maximum Gasteiger partial charge on any atom is 0.211 e. The van der Waals surface area contributed by atoms with E-state index in [0.29, 0.717) is 0 Å². The molecule has 0 saturated carbocycles. The minimum absolute atomic E-state index is 0.811. The molecule has 4 aromatic rings. The van der Waals surface area contributed by atoms with Crippen LogP contribution in [0.3, 0.4) is 0 Å². The Bertz CT molecular complexity index is 1120. The fourth-order valence-corrected chi connectivity index (χ4v) is 4.37. The molecular formula is C21H18N4S2. The van der Waals surface area contributed by atoms with Crippen LogP contribution in [-0.4, -0.2) is 15.9 Å². The number of thiazole rings is 1. The Kier molecular flexibility index (Phi) is 5.09. The van der Waals surface area contributed by atoms with Gasteiger partial charge in [0.25, 0.3) is 0 Å². The van der Waals surface area contributed by atoms with Crippen LogP contribution in [0.4, 0.5) is 5.69 Å². The van der Waals surface area contributed by atoms with Gasteiger partial charge in [-0.05, 0) is 48.6 Å². The highest BCUT2D eigenvalue weighted by molar-refractivity contribution is 7.14. The normalized spacial score (nSPS) is 12.1. The molecule has 4 rings (SSSR count). The molecule has 27 heavy (non-hydrogen) atoms.